The molecular formula is C12H16N2O3. The Bertz CT molecular complexity index is 418. The Morgan fingerprint density at radius 1 is 1.47 bits per heavy atom. The molecule has 0 aliphatic carbocycles. The van der Waals surface area contributed by atoms with Gasteiger partial charge in [0.15, 0.2) is 5.78 Å². The summed E-state index contributed by atoms with van der Waals surface area (Å²) in [7, 11) is 1.86. The van der Waals surface area contributed by atoms with Crippen molar-refractivity contribution >= 4 is 11.5 Å². The first-order valence-corrected chi connectivity index (χ1v) is 5.50. The molecule has 5 nitrogen and oxygen atoms in total. The van der Waals surface area contributed by atoms with Crippen LogP contribution in [-0.4, -0.2) is 35.7 Å². The molecule has 0 aliphatic rings. The van der Waals surface area contributed by atoms with Gasteiger partial charge in [-0.3, -0.25) is 19.8 Å². The first-order valence-electron chi connectivity index (χ1n) is 5.50. The highest BCUT2D eigenvalue weighted by molar-refractivity contribution is 5.98. The third-order valence-electron chi connectivity index (χ3n) is 2.40. The summed E-state index contributed by atoms with van der Waals surface area (Å²) in [5, 5.41) is 10.6. The van der Waals surface area contributed by atoms with E-state index in [0.29, 0.717) is 5.56 Å². The molecule has 0 bridgehead atoms. The quantitative estimate of drug-likeness (QED) is 0.431. The van der Waals surface area contributed by atoms with Gasteiger partial charge in [0.1, 0.15) is 0 Å². The topological polar surface area (TPSA) is 63.5 Å². The lowest BCUT2D eigenvalue weighted by Crippen LogP contribution is -2.26. The van der Waals surface area contributed by atoms with Crippen LogP contribution in [0.25, 0.3) is 0 Å². The number of nitrogens with zero attached hydrogens (tertiary/aromatic N) is 2. The maximum atomic E-state index is 11.8. The highest BCUT2D eigenvalue weighted by atomic mass is 16.6. The average molecular weight is 236 g/mol. The van der Waals surface area contributed by atoms with Gasteiger partial charge in [0.25, 0.3) is 5.69 Å². The fraction of sp³-hybridized carbons (Fsp3) is 0.417. The number of rotatable bonds is 6. The number of Topliss-reactive ketones (excluding diaryl/α,β-unsaturated/α-hetero) is 1. The van der Waals surface area contributed by atoms with Crippen molar-refractivity contribution in [2.24, 2.45) is 0 Å². The molecule has 1 rings (SSSR count). The van der Waals surface area contributed by atoms with Crippen LogP contribution in [0.1, 0.15) is 23.7 Å². The number of likely N-dealkylation sites (N-methyl/N-ethyl adjacent to an activating group) is 1. The van der Waals surface area contributed by atoms with Crippen LogP contribution in [0.2, 0.25) is 0 Å². The van der Waals surface area contributed by atoms with Crippen LogP contribution in [0.3, 0.4) is 0 Å². The molecule has 1 aromatic carbocycles. The van der Waals surface area contributed by atoms with E-state index in [9.17, 15) is 14.9 Å². The number of ketones is 1. The number of non-ortho nitro benzene ring substituents is 1. The number of carbonyl (C=O) groups is 1. The Morgan fingerprint density at radius 3 is 2.76 bits per heavy atom. The Morgan fingerprint density at radius 2 is 2.18 bits per heavy atom. The maximum absolute atomic E-state index is 11.8. The molecule has 5 heteroatoms. The molecule has 0 aromatic heterocycles. The largest absolute Gasteiger partial charge is 0.299 e. The molecule has 0 fully saturated rings. The predicted octanol–water partition coefficient (Wildman–Crippen LogP) is 2.12. The van der Waals surface area contributed by atoms with E-state index in [1.807, 2.05) is 18.9 Å². The summed E-state index contributed by atoms with van der Waals surface area (Å²) >= 11 is 0. The van der Waals surface area contributed by atoms with Gasteiger partial charge >= 0.3 is 0 Å². The Balaban J connectivity index is 2.75. The second-order valence-electron chi connectivity index (χ2n) is 3.97. The lowest BCUT2D eigenvalue weighted by Gasteiger charge is -2.13. The Hall–Kier alpha value is -1.75. The van der Waals surface area contributed by atoms with Gasteiger partial charge in [-0.1, -0.05) is 19.1 Å². The molecule has 0 saturated heterocycles. The molecular weight excluding hydrogens is 220 g/mol. The van der Waals surface area contributed by atoms with Gasteiger partial charge in [-0.2, -0.15) is 0 Å². The van der Waals surface area contributed by atoms with Crippen molar-refractivity contribution in [2.45, 2.75) is 13.3 Å². The molecule has 0 aliphatic heterocycles. The minimum Gasteiger partial charge on any atom is -0.299 e. The number of hydrogen-bond acceptors (Lipinski definition) is 4. The molecule has 0 atom stereocenters. The number of carbonyl (C=O) groups excluding carboxylic acids is 1. The van der Waals surface area contributed by atoms with Crippen LogP contribution in [0.15, 0.2) is 24.3 Å². The van der Waals surface area contributed by atoms with E-state index in [1.165, 1.54) is 18.2 Å². The zero-order valence-corrected chi connectivity index (χ0v) is 10.0. The zero-order valence-electron chi connectivity index (χ0n) is 10.0. The molecule has 0 radical (unpaired) electrons. The van der Waals surface area contributed by atoms with E-state index in [0.717, 1.165) is 13.0 Å². The fourth-order valence-electron chi connectivity index (χ4n) is 1.59. The molecule has 17 heavy (non-hydrogen) atoms. The van der Waals surface area contributed by atoms with Crippen LogP contribution in [0, 0.1) is 10.1 Å². The van der Waals surface area contributed by atoms with Crippen molar-refractivity contribution in [1.29, 1.82) is 0 Å². The SMILES string of the molecule is CCCN(C)CC(=O)c1cccc([N+](=O)[O-])c1. The predicted molar refractivity (Wildman–Crippen MR) is 65.2 cm³/mol. The van der Waals surface area contributed by atoms with Gasteiger partial charge in [0.05, 0.1) is 11.5 Å². The third-order valence-corrected chi connectivity index (χ3v) is 2.40. The number of benzene rings is 1. The third kappa shape index (κ3) is 3.96. The molecule has 0 spiro atoms. The van der Waals surface area contributed by atoms with Gasteiger partial charge in [-0.05, 0) is 20.0 Å². The number of nitro benzene ring substituents is 1. The van der Waals surface area contributed by atoms with E-state index in [1.54, 1.807) is 6.07 Å². The van der Waals surface area contributed by atoms with Gasteiger partial charge in [-0.15, -0.1) is 0 Å². The normalized spacial score (nSPS) is 10.5. The lowest BCUT2D eigenvalue weighted by molar-refractivity contribution is -0.384. The van der Waals surface area contributed by atoms with E-state index < -0.39 is 4.92 Å². The second kappa shape index (κ2) is 6.10. The van der Waals surface area contributed by atoms with Crippen molar-refractivity contribution in [1.82, 2.24) is 4.90 Å². The van der Waals surface area contributed by atoms with Gasteiger partial charge in [-0.25, -0.2) is 0 Å². The lowest BCUT2D eigenvalue weighted by atomic mass is 10.1. The van der Waals surface area contributed by atoms with E-state index in [2.05, 4.69) is 0 Å². The van der Waals surface area contributed by atoms with Crippen molar-refractivity contribution in [3.63, 3.8) is 0 Å². The number of nitro groups is 1. The van der Waals surface area contributed by atoms with Crippen molar-refractivity contribution in [2.75, 3.05) is 20.1 Å². The summed E-state index contributed by atoms with van der Waals surface area (Å²) in [6, 6.07) is 5.84. The summed E-state index contributed by atoms with van der Waals surface area (Å²) in [6.45, 7) is 3.16. The first-order chi connectivity index (χ1) is 8.04. The first kappa shape index (κ1) is 13.3. The van der Waals surface area contributed by atoms with E-state index >= 15 is 0 Å². The standard InChI is InChI=1S/C12H16N2O3/c1-3-7-13(2)9-12(15)10-5-4-6-11(8-10)14(16)17/h4-6,8H,3,7,9H2,1-2H3. The Labute approximate surface area is 100 Å². The number of hydrogen-bond donors (Lipinski definition) is 0. The van der Waals surface area contributed by atoms with E-state index in [4.69, 9.17) is 0 Å². The molecule has 0 saturated carbocycles. The van der Waals surface area contributed by atoms with Crippen LogP contribution < -0.4 is 0 Å². The second-order valence-corrected chi connectivity index (χ2v) is 3.97. The van der Waals surface area contributed by atoms with Crippen LogP contribution in [-0.2, 0) is 0 Å². The summed E-state index contributed by atoms with van der Waals surface area (Å²) in [5.41, 5.74) is 0.344. The van der Waals surface area contributed by atoms with Gasteiger partial charge < -0.3 is 0 Å². The smallest absolute Gasteiger partial charge is 0.270 e. The van der Waals surface area contributed by atoms with Crippen molar-refractivity contribution in [3.8, 4) is 0 Å². The minimum absolute atomic E-state index is 0.0472. The summed E-state index contributed by atoms with van der Waals surface area (Å²) in [5.74, 6) is -0.0929. The van der Waals surface area contributed by atoms with Crippen LogP contribution >= 0.6 is 0 Å². The molecule has 0 amide bonds. The molecule has 0 unspecified atom stereocenters. The van der Waals surface area contributed by atoms with E-state index in [-0.39, 0.29) is 18.0 Å². The Kier molecular flexibility index (Phi) is 4.78. The van der Waals surface area contributed by atoms with Gasteiger partial charge in [0, 0.05) is 17.7 Å². The van der Waals surface area contributed by atoms with Crippen molar-refractivity contribution < 1.29 is 9.72 Å². The molecule has 0 N–H and O–H groups in total. The molecule has 92 valence electrons. The highest BCUT2D eigenvalue weighted by Gasteiger charge is 2.12. The highest BCUT2D eigenvalue weighted by Crippen LogP contribution is 2.13. The van der Waals surface area contributed by atoms with Crippen molar-refractivity contribution in [3.05, 3.63) is 39.9 Å². The molecule has 0 heterocycles. The zero-order chi connectivity index (χ0) is 12.8. The maximum Gasteiger partial charge on any atom is 0.270 e. The van der Waals surface area contributed by atoms with Crippen LogP contribution in [0.5, 0.6) is 0 Å². The van der Waals surface area contributed by atoms with Gasteiger partial charge in [0.2, 0.25) is 0 Å². The summed E-state index contributed by atoms with van der Waals surface area (Å²) in [4.78, 5) is 23.8. The monoisotopic (exact) mass is 236 g/mol. The average Bonchev–Trinajstić information content (AvgIpc) is 2.29. The van der Waals surface area contributed by atoms with Crippen LogP contribution in [0.4, 0.5) is 5.69 Å². The minimum atomic E-state index is -0.494. The summed E-state index contributed by atoms with van der Waals surface area (Å²) in [6.07, 6.45) is 0.971. The fourth-order valence-corrected chi connectivity index (χ4v) is 1.59. The summed E-state index contributed by atoms with van der Waals surface area (Å²) < 4.78 is 0. The molecule has 1 aromatic rings.